The van der Waals surface area contributed by atoms with Gasteiger partial charge < -0.3 is 9.88 Å². The van der Waals surface area contributed by atoms with Crippen molar-refractivity contribution >= 4 is 0 Å². The van der Waals surface area contributed by atoms with Crippen LogP contribution in [0, 0.1) is 5.92 Å². The molecule has 84 valence electrons. The van der Waals surface area contributed by atoms with Crippen molar-refractivity contribution in [3.05, 3.63) is 18.2 Å². The molecule has 1 aromatic rings. The van der Waals surface area contributed by atoms with Crippen LogP contribution < -0.4 is 5.32 Å². The van der Waals surface area contributed by atoms with Crippen molar-refractivity contribution in [2.45, 2.75) is 45.7 Å². The van der Waals surface area contributed by atoms with Crippen LogP contribution in [-0.2, 0) is 6.54 Å². The molecule has 0 aliphatic carbocycles. The SMILES string of the molecule is CC(C)Cn1cncc1C1CCCCN1. The average molecular weight is 207 g/mol. The summed E-state index contributed by atoms with van der Waals surface area (Å²) < 4.78 is 2.30. The van der Waals surface area contributed by atoms with Crippen LogP contribution in [0.15, 0.2) is 12.5 Å². The van der Waals surface area contributed by atoms with Crippen molar-refractivity contribution in [1.29, 1.82) is 0 Å². The number of hydrogen-bond donors (Lipinski definition) is 1. The van der Waals surface area contributed by atoms with Gasteiger partial charge in [-0.15, -0.1) is 0 Å². The molecule has 0 bridgehead atoms. The molecule has 1 fully saturated rings. The molecule has 15 heavy (non-hydrogen) atoms. The maximum atomic E-state index is 4.27. The third-order valence-electron chi connectivity index (χ3n) is 2.97. The Hall–Kier alpha value is -0.830. The summed E-state index contributed by atoms with van der Waals surface area (Å²) in [5.41, 5.74) is 1.36. The van der Waals surface area contributed by atoms with Crippen LogP contribution in [0.1, 0.15) is 44.8 Å². The summed E-state index contributed by atoms with van der Waals surface area (Å²) in [6.45, 7) is 6.72. The fourth-order valence-corrected chi connectivity index (χ4v) is 2.27. The Morgan fingerprint density at radius 2 is 2.40 bits per heavy atom. The number of rotatable bonds is 3. The quantitative estimate of drug-likeness (QED) is 0.824. The first-order chi connectivity index (χ1) is 7.27. The van der Waals surface area contributed by atoms with E-state index in [2.05, 4.69) is 28.7 Å². The highest BCUT2D eigenvalue weighted by Gasteiger charge is 2.18. The average Bonchev–Trinajstić information content (AvgIpc) is 2.66. The molecule has 0 radical (unpaired) electrons. The zero-order chi connectivity index (χ0) is 10.7. The Morgan fingerprint density at radius 3 is 3.07 bits per heavy atom. The van der Waals surface area contributed by atoms with E-state index in [0.29, 0.717) is 12.0 Å². The molecule has 1 saturated heterocycles. The van der Waals surface area contributed by atoms with E-state index in [9.17, 15) is 0 Å². The van der Waals surface area contributed by atoms with Gasteiger partial charge in [0.2, 0.25) is 0 Å². The van der Waals surface area contributed by atoms with Crippen LogP contribution in [0.4, 0.5) is 0 Å². The molecule has 1 aliphatic rings. The molecule has 0 amide bonds. The van der Waals surface area contributed by atoms with E-state index in [1.807, 2.05) is 12.5 Å². The monoisotopic (exact) mass is 207 g/mol. The molecule has 0 saturated carbocycles. The molecule has 1 unspecified atom stereocenters. The van der Waals surface area contributed by atoms with Crippen LogP contribution in [0.3, 0.4) is 0 Å². The van der Waals surface area contributed by atoms with E-state index >= 15 is 0 Å². The highest BCUT2D eigenvalue weighted by Crippen LogP contribution is 2.22. The second-order valence-corrected chi connectivity index (χ2v) is 4.87. The van der Waals surface area contributed by atoms with Crippen LogP contribution in [-0.4, -0.2) is 16.1 Å². The topological polar surface area (TPSA) is 29.9 Å². The highest BCUT2D eigenvalue weighted by atomic mass is 15.1. The van der Waals surface area contributed by atoms with Crippen molar-refractivity contribution in [2.24, 2.45) is 5.92 Å². The fraction of sp³-hybridized carbons (Fsp3) is 0.750. The minimum absolute atomic E-state index is 0.528. The smallest absolute Gasteiger partial charge is 0.0948 e. The standard InChI is InChI=1S/C12H21N3/c1-10(2)8-15-9-13-7-12(15)11-5-3-4-6-14-11/h7,9-11,14H,3-6,8H2,1-2H3. The maximum absolute atomic E-state index is 4.27. The second-order valence-electron chi connectivity index (χ2n) is 4.87. The molecule has 1 aromatic heterocycles. The molecule has 2 heterocycles. The Morgan fingerprint density at radius 1 is 1.53 bits per heavy atom. The molecule has 0 spiro atoms. The lowest BCUT2D eigenvalue weighted by Crippen LogP contribution is -2.28. The van der Waals surface area contributed by atoms with Gasteiger partial charge in [-0.3, -0.25) is 0 Å². The molecule has 2 rings (SSSR count). The number of aromatic nitrogens is 2. The lowest BCUT2D eigenvalue weighted by Gasteiger charge is -2.24. The summed E-state index contributed by atoms with van der Waals surface area (Å²) >= 11 is 0. The van der Waals surface area contributed by atoms with Gasteiger partial charge in [-0.25, -0.2) is 4.98 Å². The minimum Gasteiger partial charge on any atom is -0.333 e. The molecule has 3 heteroatoms. The van der Waals surface area contributed by atoms with Gasteiger partial charge in [0.15, 0.2) is 0 Å². The highest BCUT2D eigenvalue weighted by molar-refractivity contribution is 5.06. The summed E-state index contributed by atoms with van der Waals surface area (Å²) in [7, 11) is 0. The molecular formula is C12H21N3. The molecule has 3 nitrogen and oxygen atoms in total. The fourth-order valence-electron chi connectivity index (χ4n) is 2.27. The van der Waals surface area contributed by atoms with E-state index in [1.54, 1.807) is 0 Å². The number of imidazole rings is 1. The molecule has 1 aliphatic heterocycles. The Labute approximate surface area is 91.9 Å². The summed E-state index contributed by atoms with van der Waals surface area (Å²) in [6, 6.07) is 0.528. The molecular weight excluding hydrogens is 186 g/mol. The molecule has 1 N–H and O–H groups in total. The van der Waals surface area contributed by atoms with Crippen molar-refractivity contribution in [3.63, 3.8) is 0 Å². The van der Waals surface area contributed by atoms with Gasteiger partial charge in [-0.2, -0.15) is 0 Å². The van der Waals surface area contributed by atoms with Gasteiger partial charge in [0.25, 0.3) is 0 Å². The van der Waals surface area contributed by atoms with Gasteiger partial charge in [-0.1, -0.05) is 20.3 Å². The summed E-state index contributed by atoms with van der Waals surface area (Å²) in [6.07, 6.45) is 7.89. The van der Waals surface area contributed by atoms with Crippen molar-refractivity contribution in [1.82, 2.24) is 14.9 Å². The van der Waals surface area contributed by atoms with Crippen molar-refractivity contribution in [3.8, 4) is 0 Å². The Balaban J connectivity index is 2.09. The van der Waals surface area contributed by atoms with Gasteiger partial charge >= 0.3 is 0 Å². The Bertz CT molecular complexity index is 298. The van der Waals surface area contributed by atoms with Crippen molar-refractivity contribution in [2.75, 3.05) is 6.54 Å². The molecule has 0 aromatic carbocycles. The zero-order valence-electron chi connectivity index (χ0n) is 9.74. The third-order valence-corrected chi connectivity index (χ3v) is 2.97. The van der Waals surface area contributed by atoms with Gasteiger partial charge in [0.1, 0.15) is 0 Å². The van der Waals surface area contributed by atoms with Crippen LogP contribution in [0.5, 0.6) is 0 Å². The van der Waals surface area contributed by atoms with E-state index in [-0.39, 0.29) is 0 Å². The Kier molecular flexibility index (Phi) is 3.41. The van der Waals surface area contributed by atoms with Gasteiger partial charge in [-0.05, 0) is 25.3 Å². The largest absolute Gasteiger partial charge is 0.333 e. The first-order valence-corrected chi connectivity index (χ1v) is 6.01. The van der Waals surface area contributed by atoms with Crippen molar-refractivity contribution < 1.29 is 0 Å². The summed E-state index contributed by atoms with van der Waals surface area (Å²) in [5, 5.41) is 3.57. The van der Waals surface area contributed by atoms with E-state index < -0.39 is 0 Å². The van der Waals surface area contributed by atoms with E-state index in [4.69, 9.17) is 0 Å². The van der Waals surface area contributed by atoms with E-state index in [0.717, 1.165) is 13.1 Å². The van der Waals surface area contributed by atoms with Crippen LogP contribution >= 0.6 is 0 Å². The first-order valence-electron chi connectivity index (χ1n) is 6.01. The van der Waals surface area contributed by atoms with Crippen LogP contribution in [0.2, 0.25) is 0 Å². The second kappa shape index (κ2) is 4.79. The summed E-state index contributed by atoms with van der Waals surface area (Å²) in [4.78, 5) is 4.27. The zero-order valence-corrected chi connectivity index (χ0v) is 9.74. The van der Waals surface area contributed by atoms with E-state index in [1.165, 1.54) is 25.0 Å². The number of nitrogens with zero attached hydrogens (tertiary/aromatic N) is 2. The summed E-state index contributed by atoms with van der Waals surface area (Å²) in [5.74, 6) is 0.682. The predicted octanol–water partition coefficient (Wildman–Crippen LogP) is 2.35. The van der Waals surface area contributed by atoms with Gasteiger partial charge in [0.05, 0.1) is 12.0 Å². The number of nitrogens with one attached hydrogen (secondary N) is 1. The van der Waals surface area contributed by atoms with Crippen LogP contribution in [0.25, 0.3) is 0 Å². The lowest BCUT2D eigenvalue weighted by molar-refractivity contribution is 0.384. The first kappa shape index (κ1) is 10.7. The maximum Gasteiger partial charge on any atom is 0.0948 e. The number of hydrogen-bond acceptors (Lipinski definition) is 2. The van der Waals surface area contributed by atoms with Gasteiger partial charge in [0, 0.05) is 18.8 Å². The number of piperidine rings is 1. The molecule has 1 atom stereocenters. The normalized spacial score (nSPS) is 22.2. The third kappa shape index (κ3) is 2.59. The lowest BCUT2D eigenvalue weighted by atomic mass is 10.0. The minimum atomic E-state index is 0.528. The predicted molar refractivity (Wildman–Crippen MR) is 61.7 cm³/mol.